The highest BCUT2D eigenvalue weighted by atomic mass is 79.9. The van der Waals surface area contributed by atoms with Crippen LogP contribution in [0.2, 0.25) is 10.0 Å². The molecule has 0 aliphatic heterocycles. The summed E-state index contributed by atoms with van der Waals surface area (Å²) in [7, 11) is -3.90. The molecule has 0 aromatic heterocycles. The molecular formula is C29H32BrCl2N3O4S. The second-order valence-electron chi connectivity index (χ2n) is 9.37. The van der Waals surface area contributed by atoms with E-state index in [0.29, 0.717) is 6.54 Å². The van der Waals surface area contributed by atoms with Crippen molar-refractivity contribution < 1.29 is 18.0 Å². The van der Waals surface area contributed by atoms with Gasteiger partial charge in [0, 0.05) is 24.0 Å². The summed E-state index contributed by atoms with van der Waals surface area (Å²) in [5.74, 6) is -0.839. The van der Waals surface area contributed by atoms with Crippen LogP contribution in [0, 0.1) is 0 Å². The molecule has 2 amide bonds. The third kappa shape index (κ3) is 9.23. The summed E-state index contributed by atoms with van der Waals surface area (Å²) < 4.78 is 27.5. The van der Waals surface area contributed by atoms with Crippen LogP contribution in [0.5, 0.6) is 0 Å². The van der Waals surface area contributed by atoms with Crippen LogP contribution in [0.4, 0.5) is 5.69 Å². The van der Waals surface area contributed by atoms with Crippen molar-refractivity contribution in [3.05, 3.63) is 98.4 Å². The van der Waals surface area contributed by atoms with Gasteiger partial charge in [0.05, 0.1) is 22.0 Å². The van der Waals surface area contributed by atoms with Gasteiger partial charge >= 0.3 is 0 Å². The summed E-state index contributed by atoms with van der Waals surface area (Å²) in [6.07, 6.45) is 2.97. The maximum Gasteiger partial charge on any atom is 0.244 e. The Morgan fingerprint density at radius 2 is 1.62 bits per heavy atom. The highest BCUT2D eigenvalue weighted by molar-refractivity contribution is 9.10. The van der Waals surface area contributed by atoms with Crippen molar-refractivity contribution >= 4 is 66.7 Å². The van der Waals surface area contributed by atoms with E-state index in [1.807, 2.05) is 61.5 Å². The minimum absolute atomic E-state index is 0.101. The van der Waals surface area contributed by atoms with Gasteiger partial charge in [0.1, 0.15) is 12.6 Å². The standard InChI is InChI=1S/C29H32BrCl2N3O4S/c1-3-4-16-33-29(37)27(17-21-8-6-5-7-9-21)34(19-22-10-12-23(30)13-11-22)28(36)20-35(40(2,38)39)24-14-15-25(31)26(32)18-24/h5-15,18,27H,3-4,16-17,19-20H2,1-2H3,(H,33,37)/t27-/m0/s1. The van der Waals surface area contributed by atoms with E-state index in [0.717, 1.165) is 39.0 Å². The molecule has 7 nitrogen and oxygen atoms in total. The second kappa shape index (κ2) is 14.9. The first kappa shape index (κ1) is 31.9. The third-order valence-electron chi connectivity index (χ3n) is 6.24. The van der Waals surface area contributed by atoms with Crippen LogP contribution >= 0.6 is 39.1 Å². The molecule has 214 valence electrons. The van der Waals surface area contributed by atoms with Gasteiger partial charge < -0.3 is 10.2 Å². The largest absolute Gasteiger partial charge is 0.354 e. The molecule has 0 bridgehead atoms. The van der Waals surface area contributed by atoms with E-state index < -0.39 is 28.5 Å². The Hall–Kier alpha value is -2.59. The van der Waals surface area contributed by atoms with Gasteiger partial charge in [-0.25, -0.2) is 8.42 Å². The third-order valence-corrected chi connectivity index (χ3v) is 8.65. The monoisotopic (exact) mass is 667 g/mol. The number of anilines is 1. The molecule has 0 unspecified atom stereocenters. The zero-order valence-electron chi connectivity index (χ0n) is 22.3. The lowest BCUT2D eigenvalue weighted by Gasteiger charge is -2.33. The number of hydrogen-bond donors (Lipinski definition) is 1. The Kier molecular flexibility index (Phi) is 11.9. The normalized spacial score (nSPS) is 12.0. The van der Waals surface area contributed by atoms with Crippen molar-refractivity contribution in [2.75, 3.05) is 23.7 Å². The molecule has 3 aromatic rings. The van der Waals surface area contributed by atoms with Crippen LogP contribution in [0.1, 0.15) is 30.9 Å². The van der Waals surface area contributed by atoms with Gasteiger partial charge in [-0.3, -0.25) is 13.9 Å². The van der Waals surface area contributed by atoms with Crippen molar-refractivity contribution in [3.8, 4) is 0 Å². The van der Waals surface area contributed by atoms with Gasteiger partial charge in [0.25, 0.3) is 0 Å². The molecule has 0 saturated carbocycles. The van der Waals surface area contributed by atoms with Crippen molar-refractivity contribution in [2.24, 2.45) is 0 Å². The minimum atomic E-state index is -3.90. The predicted molar refractivity (Wildman–Crippen MR) is 165 cm³/mol. The molecule has 3 rings (SSSR count). The Morgan fingerprint density at radius 3 is 2.23 bits per heavy atom. The summed E-state index contributed by atoms with van der Waals surface area (Å²) >= 11 is 15.6. The number of sulfonamides is 1. The van der Waals surface area contributed by atoms with E-state index >= 15 is 0 Å². The second-order valence-corrected chi connectivity index (χ2v) is 13.0. The number of amides is 2. The first-order chi connectivity index (χ1) is 19.0. The lowest BCUT2D eigenvalue weighted by Crippen LogP contribution is -2.53. The summed E-state index contributed by atoms with van der Waals surface area (Å²) in [6, 6.07) is 20.3. The van der Waals surface area contributed by atoms with E-state index in [-0.39, 0.29) is 34.6 Å². The minimum Gasteiger partial charge on any atom is -0.354 e. The zero-order chi connectivity index (χ0) is 29.3. The molecule has 0 aliphatic rings. The summed E-state index contributed by atoms with van der Waals surface area (Å²) in [4.78, 5) is 29.1. The van der Waals surface area contributed by atoms with Crippen LogP contribution in [0.3, 0.4) is 0 Å². The predicted octanol–water partition coefficient (Wildman–Crippen LogP) is 6.08. The molecule has 3 aromatic carbocycles. The maximum absolute atomic E-state index is 14.0. The van der Waals surface area contributed by atoms with Crippen molar-refractivity contribution in [2.45, 2.75) is 38.8 Å². The van der Waals surface area contributed by atoms with E-state index in [9.17, 15) is 18.0 Å². The number of carbonyl (C=O) groups is 2. The van der Waals surface area contributed by atoms with Gasteiger partial charge in [-0.15, -0.1) is 0 Å². The van der Waals surface area contributed by atoms with Gasteiger partial charge in [0.15, 0.2) is 0 Å². The highest BCUT2D eigenvalue weighted by Crippen LogP contribution is 2.29. The quantitative estimate of drug-likeness (QED) is 0.224. The van der Waals surface area contributed by atoms with Crippen LogP contribution in [0.25, 0.3) is 0 Å². The summed E-state index contributed by atoms with van der Waals surface area (Å²) in [5.41, 5.74) is 1.86. The lowest BCUT2D eigenvalue weighted by atomic mass is 10.0. The fraction of sp³-hybridized carbons (Fsp3) is 0.310. The molecule has 1 N–H and O–H groups in total. The molecule has 0 spiro atoms. The molecule has 0 radical (unpaired) electrons. The van der Waals surface area contributed by atoms with Gasteiger partial charge in [-0.05, 0) is 47.9 Å². The van der Waals surface area contributed by atoms with Gasteiger partial charge in [-0.1, -0.05) is 94.9 Å². The Labute approximate surface area is 254 Å². The van der Waals surface area contributed by atoms with E-state index in [1.54, 1.807) is 0 Å². The number of carbonyl (C=O) groups excluding carboxylic acids is 2. The number of hydrogen-bond acceptors (Lipinski definition) is 4. The number of rotatable bonds is 13. The van der Waals surface area contributed by atoms with Crippen molar-refractivity contribution in [1.29, 1.82) is 0 Å². The van der Waals surface area contributed by atoms with Crippen LogP contribution < -0.4 is 9.62 Å². The topological polar surface area (TPSA) is 86.8 Å². The van der Waals surface area contributed by atoms with Crippen LogP contribution in [-0.2, 0) is 32.6 Å². The molecule has 11 heteroatoms. The number of unbranched alkanes of at least 4 members (excludes halogenated alkanes) is 1. The van der Waals surface area contributed by atoms with Crippen molar-refractivity contribution in [1.82, 2.24) is 10.2 Å². The Bertz CT molecular complexity index is 1410. The maximum atomic E-state index is 14.0. The Balaban J connectivity index is 2.03. The van der Waals surface area contributed by atoms with Crippen LogP contribution in [0.15, 0.2) is 77.3 Å². The number of nitrogens with one attached hydrogen (secondary N) is 1. The average Bonchev–Trinajstić information content (AvgIpc) is 2.92. The molecule has 0 fully saturated rings. The molecule has 1 atom stereocenters. The molecule has 0 saturated heterocycles. The van der Waals surface area contributed by atoms with Gasteiger partial charge in [-0.2, -0.15) is 0 Å². The fourth-order valence-electron chi connectivity index (χ4n) is 4.10. The van der Waals surface area contributed by atoms with Crippen LogP contribution in [-0.4, -0.2) is 50.5 Å². The van der Waals surface area contributed by atoms with E-state index in [4.69, 9.17) is 23.2 Å². The summed E-state index contributed by atoms with van der Waals surface area (Å²) in [6.45, 7) is 2.07. The first-order valence-corrected chi connectivity index (χ1v) is 16.2. The molecule has 0 heterocycles. The number of nitrogens with zero attached hydrogens (tertiary/aromatic N) is 2. The number of halogens is 3. The highest BCUT2D eigenvalue weighted by Gasteiger charge is 2.33. The van der Waals surface area contributed by atoms with Crippen molar-refractivity contribution in [3.63, 3.8) is 0 Å². The smallest absolute Gasteiger partial charge is 0.244 e. The molecule has 40 heavy (non-hydrogen) atoms. The number of benzene rings is 3. The molecule has 0 aliphatic carbocycles. The fourth-order valence-corrected chi connectivity index (χ4v) is 5.50. The first-order valence-electron chi connectivity index (χ1n) is 12.8. The molecular weight excluding hydrogens is 637 g/mol. The van der Waals surface area contributed by atoms with E-state index in [2.05, 4.69) is 21.2 Å². The SMILES string of the molecule is CCCCNC(=O)[C@H](Cc1ccccc1)N(Cc1ccc(Br)cc1)C(=O)CN(c1ccc(Cl)c(Cl)c1)S(C)(=O)=O. The average molecular weight is 669 g/mol. The zero-order valence-corrected chi connectivity index (χ0v) is 26.2. The summed E-state index contributed by atoms with van der Waals surface area (Å²) in [5, 5.41) is 3.37. The van der Waals surface area contributed by atoms with E-state index in [1.165, 1.54) is 23.1 Å². The Morgan fingerprint density at radius 1 is 0.950 bits per heavy atom. The van der Waals surface area contributed by atoms with Gasteiger partial charge in [0.2, 0.25) is 21.8 Å². The lowest BCUT2D eigenvalue weighted by molar-refractivity contribution is -0.140.